The highest BCUT2D eigenvalue weighted by Gasteiger charge is 2.08. The lowest BCUT2D eigenvalue weighted by molar-refractivity contribution is -0.128. The fourth-order valence-electron chi connectivity index (χ4n) is 2.62. The van der Waals surface area contributed by atoms with Crippen LogP contribution in [0.3, 0.4) is 0 Å². The van der Waals surface area contributed by atoms with Gasteiger partial charge in [0.25, 0.3) is 11.5 Å². The maximum absolute atomic E-state index is 12.4. The van der Waals surface area contributed by atoms with Crippen molar-refractivity contribution in [3.05, 3.63) is 65.2 Å². The molecule has 3 N–H and O–H groups in total. The highest BCUT2D eigenvalue weighted by Crippen LogP contribution is 2.14. The molecule has 0 unspecified atom stereocenters. The van der Waals surface area contributed by atoms with Crippen molar-refractivity contribution in [3.63, 3.8) is 0 Å². The number of hydrogen-bond acceptors (Lipinski definition) is 6. The predicted octanol–water partition coefficient (Wildman–Crippen LogP) is 1.05. The molecule has 0 bridgehead atoms. The third-order valence-corrected chi connectivity index (χ3v) is 4.20. The number of carbonyl (C=O) groups is 2. The first-order valence-corrected chi connectivity index (χ1v) is 8.96. The van der Waals surface area contributed by atoms with Crippen molar-refractivity contribution in [3.8, 4) is 5.75 Å². The molecule has 150 valence electrons. The Morgan fingerprint density at radius 1 is 1.03 bits per heavy atom. The number of fused-ring (bicyclic) bond motifs is 1. The zero-order valence-electron chi connectivity index (χ0n) is 15.8. The molecule has 0 saturated carbocycles. The van der Waals surface area contributed by atoms with E-state index in [0.29, 0.717) is 16.7 Å². The molecule has 0 fully saturated rings. The summed E-state index contributed by atoms with van der Waals surface area (Å²) in [5, 5.41) is 3.42. The molecule has 0 aliphatic carbocycles. The van der Waals surface area contributed by atoms with Crippen LogP contribution in [0, 0.1) is 0 Å². The quantitative estimate of drug-likeness (QED) is 0.516. The van der Waals surface area contributed by atoms with Gasteiger partial charge in [0, 0.05) is 18.7 Å². The Morgan fingerprint density at radius 2 is 1.76 bits per heavy atom. The van der Waals surface area contributed by atoms with Crippen molar-refractivity contribution in [2.45, 2.75) is 13.0 Å². The highest BCUT2D eigenvalue weighted by atomic mass is 16.5. The standard InChI is InChI=1S/C20H21N5O4/c1-29-15-8-6-14(7-9-15)21-12-19(27)24-23-18(26)10-11-25-13-22-17-5-3-2-4-16(17)20(25)28/h2-9,13,21H,10-12H2,1H3,(H,23,26)(H,24,27). The SMILES string of the molecule is COc1ccc(NCC(=O)NNC(=O)CCn2cnc3ccccc3c2=O)cc1. The molecule has 0 spiro atoms. The van der Waals surface area contributed by atoms with E-state index >= 15 is 0 Å². The second-order valence-electron chi connectivity index (χ2n) is 6.19. The fourth-order valence-corrected chi connectivity index (χ4v) is 2.62. The summed E-state index contributed by atoms with van der Waals surface area (Å²) >= 11 is 0. The van der Waals surface area contributed by atoms with Crippen molar-refractivity contribution >= 4 is 28.4 Å². The Labute approximate surface area is 166 Å². The molecule has 0 atom stereocenters. The van der Waals surface area contributed by atoms with Gasteiger partial charge in [0.15, 0.2) is 0 Å². The molecule has 1 heterocycles. The van der Waals surface area contributed by atoms with Gasteiger partial charge < -0.3 is 10.1 Å². The molecule has 0 saturated heterocycles. The van der Waals surface area contributed by atoms with Crippen LogP contribution in [0.4, 0.5) is 5.69 Å². The van der Waals surface area contributed by atoms with Gasteiger partial charge in [-0.1, -0.05) is 12.1 Å². The van der Waals surface area contributed by atoms with Crippen LogP contribution >= 0.6 is 0 Å². The minimum absolute atomic E-state index is 0.0132. The molecule has 9 heteroatoms. The van der Waals surface area contributed by atoms with Crippen LogP contribution < -0.4 is 26.5 Å². The topological polar surface area (TPSA) is 114 Å². The first-order valence-electron chi connectivity index (χ1n) is 8.96. The molecule has 2 amide bonds. The lowest BCUT2D eigenvalue weighted by Gasteiger charge is -2.10. The minimum Gasteiger partial charge on any atom is -0.497 e. The van der Waals surface area contributed by atoms with E-state index in [0.717, 1.165) is 5.69 Å². The van der Waals surface area contributed by atoms with Gasteiger partial charge in [0.05, 0.1) is 30.9 Å². The second-order valence-corrected chi connectivity index (χ2v) is 6.19. The first-order chi connectivity index (χ1) is 14.1. The Kier molecular flexibility index (Phi) is 6.41. The number of hydrazine groups is 1. The maximum atomic E-state index is 12.4. The summed E-state index contributed by atoms with van der Waals surface area (Å²) in [7, 11) is 1.57. The minimum atomic E-state index is -0.414. The number of aryl methyl sites for hydroxylation is 1. The van der Waals surface area contributed by atoms with E-state index in [2.05, 4.69) is 21.2 Å². The first kappa shape index (κ1) is 19.9. The summed E-state index contributed by atoms with van der Waals surface area (Å²) in [6.45, 7) is 0.142. The third-order valence-electron chi connectivity index (χ3n) is 4.20. The number of ether oxygens (including phenoxy) is 1. The number of anilines is 1. The van der Waals surface area contributed by atoms with Crippen molar-refractivity contribution in [1.82, 2.24) is 20.4 Å². The number of para-hydroxylation sites is 1. The van der Waals surface area contributed by atoms with E-state index in [1.807, 2.05) is 0 Å². The molecule has 3 aromatic rings. The number of rotatable bonds is 7. The summed E-state index contributed by atoms with van der Waals surface area (Å²) in [6.07, 6.45) is 1.43. The molecule has 1 aromatic heterocycles. The smallest absolute Gasteiger partial charge is 0.261 e. The Morgan fingerprint density at radius 3 is 2.52 bits per heavy atom. The Balaban J connectivity index is 1.43. The zero-order valence-corrected chi connectivity index (χ0v) is 15.8. The number of benzene rings is 2. The van der Waals surface area contributed by atoms with Gasteiger partial charge in [-0.05, 0) is 36.4 Å². The van der Waals surface area contributed by atoms with Crippen LogP contribution in [0.5, 0.6) is 5.75 Å². The Bertz CT molecular complexity index is 1060. The average Bonchev–Trinajstić information content (AvgIpc) is 2.76. The summed E-state index contributed by atoms with van der Waals surface area (Å²) in [5.74, 6) is -0.102. The maximum Gasteiger partial charge on any atom is 0.261 e. The molecule has 0 aliphatic rings. The van der Waals surface area contributed by atoms with Crippen LogP contribution in [-0.4, -0.2) is 35.0 Å². The lowest BCUT2D eigenvalue weighted by Crippen LogP contribution is -2.44. The normalized spacial score (nSPS) is 10.4. The highest BCUT2D eigenvalue weighted by molar-refractivity contribution is 5.84. The van der Waals surface area contributed by atoms with Crippen molar-refractivity contribution in [2.24, 2.45) is 0 Å². The van der Waals surface area contributed by atoms with Gasteiger partial charge in [-0.25, -0.2) is 4.98 Å². The number of hydrogen-bond donors (Lipinski definition) is 3. The van der Waals surface area contributed by atoms with Gasteiger partial charge in [0.2, 0.25) is 5.91 Å². The lowest BCUT2D eigenvalue weighted by atomic mass is 10.2. The molecular formula is C20H21N5O4. The number of carbonyl (C=O) groups excluding carboxylic acids is 2. The number of amides is 2. The van der Waals surface area contributed by atoms with E-state index in [9.17, 15) is 14.4 Å². The van der Waals surface area contributed by atoms with Crippen LogP contribution in [0.1, 0.15) is 6.42 Å². The van der Waals surface area contributed by atoms with Gasteiger partial charge >= 0.3 is 0 Å². The van der Waals surface area contributed by atoms with E-state index < -0.39 is 11.8 Å². The van der Waals surface area contributed by atoms with Gasteiger partial charge in [-0.15, -0.1) is 0 Å². The molecule has 29 heavy (non-hydrogen) atoms. The van der Waals surface area contributed by atoms with Crippen LogP contribution in [-0.2, 0) is 16.1 Å². The predicted molar refractivity (Wildman–Crippen MR) is 108 cm³/mol. The van der Waals surface area contributed by atoms with Crippen molar-refractivity contribution in [2.75, 3.05) is 19.0 Å². The summed E-state index contributed by atoms with van der Waals surface area (Å²) in [6, 6.07) is 14.1. The van der Waals surface area contributed by atoms with E-state index in [1.54, 1.807) is 55.6 Å². The fraction of sp³-hybridized carbons (Fsp3) is 0.200. The van der Waals surface area contributed by atoms with Gasteiger partial charge in [0.1, 0.15) is 5.75 Å². The molecule has 3 rings (SSSR count). The molecule has 2 aromatic carbocycles. The number of aromatic nitrogens is 2. The molecule has 9 nitrogen and oxygen atoms in total. The third kappa shape index (κ3) is 5.32. The Hall–Kier alpha value is -3.88. The van der Waals surface area contributed by atoms with E-state index in [-0.39, 0.29) is 25.1 Å². The largest absolute Gasteiger partial charge is 0.497 e. The summed E-state index contributed by atoms with van der Waals surface area (Å²) < 4.78 is 6.43. The molecule has 0 radical (unpaired) electrons. The van der Waals surface area contributed by atoms with Crippen LogP contribution in [0.25, 0.3) is 10.9 Å². The monoisotopic (exact) mass is 395 g/mol. The second kappa shape index (κ2) is 9.36. The summed E-state index contributed by atoms with van der Waals surface area (Å²) in [4.78, 5) is 40.4. The van der Waals surface area contributed by atoms with Crippen molar-refractivity contribution in [1.29, 1.82) is 0 Å². The van der Waals surface area contributed by atoms with Crippen molar-refractivity contribution < 1.29 is 14.3 Å². The van der Waals surface area contributed by atoms with Crippen LogP contribution in [0.15, 0.2) is 59.7 Å². The number of nitrogens with zero attached hydrogens (tertiary/aromatic N) is 2. The molecular weight excluding hydrogens is 374 g/mol. The van der Waals surface area contributed by atoms with E-state index in [4.69, 9.17) is 4.74 Å². The average molecular weight is 395 g/mol. The molecule has 0 aliphatic heterocycles. The zero-order chi connectivity index (χ0) is 20.6. The van der Waals surface area contributed by atoms with Crippen LogP contribution in [0.2, 0.25) is 0 Å². The number of methoxy groups -OCH3 is 1. The van der Waals surface area contributed by atoms with Gasteiger partial charge in [-0.3, -0.25) is 29.8 Å². The van der Waals surface area contributed by atoms with Gasteiger partial charge in [-0.2, -0.15) is 0 Å². The number of nitrogens with one attached hydrogen (secondary N) is 3. The van der Waals surface area contributed by atoms with E-state index in [1.165, 1.54) is 10.9 Å². The summed E-state index contributed by atoms with van der Waals surface area (Å²) in [5.41, 5.74) is 5.80.